The number of nitrogens with one attached hydrogen (secondary N) is 1. The largest absolute Gasteiger partial charge is 0.390 e. The van der Waals surface area contributed by atoms with Crippen molar-refractivity contribution in [3.05, 3.63) is 0 Å². The average Bonchev–Trinajstić information content (AvgIpc) is 2.54. The van der Waals surface area contributed by atoms with Crippen LogP contribution in [0.4, 0.5) is 0 Å². The van der Waals surface area contributed by atoms with Crippen LogP contribution in [0, 0.1) is 0 Å². The van der Waals surface area contributed by atoms with Crippen LogP contribution in [0.2, 0.25) is 0 Å². The van der Waals surface area contributed by atoms with E-state index in [1.165, 1.54) is 19.3 Å². The number of β-amino-alcohol motifs (C(OH)–C–C–N with tert-alkyl or cyclic N) is 1. The van der Waals surface area contributed by atoms with Crippen LogP contribution in [0.5, 0.6) is 0 Å². The maximum Gasteiger partial charge on any atom is 0.0791 e. The maximum atomic E-state index is 10.2. The molecule has 2 saturated heterocycles. The molecule has 2 aliphatic heterocycles. The fourth-order valence-electron chi connectivity index (χ4n) is 3.33. The number of rotatable bonds is 4. The lowest BCUT2D eigenvalue weighted by Crippen LogP contribution is -2.46. The van der Waals surface area contributed by atoms with Gasteiger partial charge in [0, 0.05) is 37.3 Å². The van der Waals surface area contributed by atoms with Gasteiger partial charge in [-0.15, -0.1) is 0 Å². The van der Waals surface area contributed by atoms with E-state index in [1.54, 1.807) is 0 Å². The minimum absolute atomic E-state index is 0.0824. The molecule has 19 heavy (non-hydrogen) atoms. The first-order chi connectivity index (χ1) is 8.85. The van der Waals surface area contributed by atoms with E-state index >= 15 is 0 Å². The highest BCUT2D eigenvalue weighted by Gasteiger charge is 2.34. The van der Waals surface area contributed by atoms with Gasteiger partial charge in [0.15, 0.2) is 0 Å². The molecule has 0 aliphatic carbocycles. The van der Waals surface area contributed by atoms with E-state index in [9.17, 15) is 5.11 Å². The van der Waals surface area contributed by atoms with Crippen molar-refractivity contribution in [3.8, 4) is 0 Å². The average molecular weight is 269 g/mol. The Labute approximate surface area is 118 Å². The number of aliphatic hydroxyl groups is 1. The molecule has 0 amide bonds. The fraction of sp³-hybridized carbons (Fsp3) is 1.00. The Bertz CT molecular complexity index is 290. The molecule has 4 heteroatoms. The second kappa shape index (κ2) is 6.08. The molecule has 2 aliphatic rings. The number of likely N-dealkylation sites (tertiary alicyclic amines) is 1. The molecular weight excluding hydrogens is 238 g/mol. The number of nitrogens with zero attached hydrogens (tertiary/aromatic N) is 2. The lowest BCUT2D eigenvalue weighted by Gasteiger charge is -2.29. The Kier molecular flexibility index (Phi) is 4.88. The molecule has 112 valence electrons. The predicted molar refractivity (Wildman–Crippen MR) is 79.4 cm³/mol. The van der Waals surface area contributed by atoms with E-state index in [-0.39, 0.29) is 11.6 Å². The van der Waals surface area contributed by atoms with E-state index in [0.717, 1.165) is 25.7 Å². The van der Waals surface area contributed by atoms with Gasteiger partial charge in [0.2, 0.25) is 0 Å². The van der Waals surface area contributed by atoms with Crippen molar-refractivity contribution in [1.29, 1.82) is 0 Å². The van der Waals surface area contributed by atoms with Gasteiger partial charge in [-0.2, -0.15) is 0 Å². The molecule has 0 aromatic heterocycles. The zero-order valence-corrected chi connectivity index (χ0v) is 13.0. The lowest BCUT2D eigenvalue weighted by atomic mass is 10.1. The van der Waals surface area contributed by atoms with Gasteiger partial charge < -0.3 is 10.4 Å². The van der Waals surface area contributed by atoms with Crippen molar-refractivity contribution in [2.24, 2.45) is 0 Å². The molecule has 2 fully saturated rings. The summed E-state index contributed by atoms with van der Waals surface area (Å²) in [5.74, 6) is 0. The van der Waals surface area contributed by atoms with Crippen molar-refractivity contribution < 1.29 is 5.11 Å². The molecule has 2 bridgehead atoms. The van der Waals surface area contributed by atoms with Gasteiger partial charge in [0.25, 0.3) is 0 Å². The minimum atomic E-state index is -0.263. The number of aliphatic hydroxyl groups excluding tert-OH is 1. The normalized spacial score (nSPS) is 31.4. The van der Waals surface area contributed by atoms with Gasteiger partial charge in [-0.25, -0.2) is 0 Å². The van der Waals surface area contributed by atoms with Crippen LogP contribution in [0.15, 0.2) is 0 Å². The summed E-state index contributed by atoms with van der Waals surface area (Å²) in [5.41, 5.74) is 0.0824. The standard InChI is InChI=1S/C15H31N3O/c1-15(2,3)16-9-14(19)11-18-8-7-12-5-6-13(10-18)17(12)4/h12-14,16,19H,5-11H2,1-4H3. The number of hydrogen-bond donors (Lipinski definition) is 2. The van der Waals surface area contributed by atoms with Crippen LogP contribution in [0.25, 0.3) is 0 Å². The number of likely N-dealkylation sites (N-methyl/N-ethyl adjacent to an activating group) is 1. The summed E-state index contributed by atoms with van der Waals surface area (Å²) < 4.78 is 0. The van der Waals surface area contributed by atoms with Gasteiger partial charge in [-0.05, 0) is 53.6 Å². The molecule has 0 aromatic carbocycles. The summed E-state index contributed by atoms with van der Waals surface area (Å²) in [4.78, 5) is 5.01. The predicted octanol–water partition coefficient (Wildman–Crippen LogP) is 0.904. The van der Waals surface area contributed by atoms with Gasteiger partial charge in [0.05, 0.1) is 6.10 Å². The van der Waals surface area contributed by atoms with Crippen molar-refractivity contribution in [3.63, 3.8) is 0 Å². The summed E-state index contributed by atoms with van der Waals surface area (Å²) in [6.45, 7) is 10.2. The summed E-state index contributed by atoms with van der Waals surface area (Å²) in [5, 5.41) is 13.6. The molecule has 2 heterocycles. The summed E-state index contributed by atoms with van der Waals surface area (Å²) in [7, 11) is 2.27. The smallest absolute Gasteiger partial charge is 0.0791 e. The molecule has 0 spiro atoms. The van der Waals surface area contributed by atoms with Crippen LogP contribution >= 0.6 is 0 Å². The first-order valence-corrected chi connectivity index (χ1v) is 7.72. The quantitative estimate of drug-likeness (QED) is 0.795. The van der Waals surface area contributed by atoms with Gasteiger partial charge in [-0.3, -0.25) is 9.80 Å². The highest BCUT2D eigenvalue weighted by atomic mass is 16.3. The van der Waals surface area contributed by atoms with Crippen LogP contribution in [0.1, 0.15) is 40.0 Å². The minimum Gasteiger partial charge on any atom is -0.390 e. The van der Waals surface area contributed by atoms with Gasteiger partial charge >= 0.3 is 0 Å². The molecule has 0 radical (unpaired) electrons. The van der Waals surface area contributed by atoms with Crippen molar-refractivity contribution in [2.45, 2.75) is 63.8 Å². The van der Waals surface area contributed by atoms with E-state index in [2.05, 4.69) is 42.9 Å². The second-order valence-electron chi connectivity index (χ2n) is 7.38. The highest BCUT2D eigenvalue weighted by Crippen LogP contribution is 2.28. The second-order valence-corrected chi connectivity index (χ2v) is 7.38. The molecule has 0 saturated carbocycles. The Hall–Kier alpha value is -0.160. The third-order valence-corrected chi connectivity index (χ3v) is 4.57. The Morgan fingerprint density at radius 1 is 1.21 bits per heavy atom. The Balaban J connectivity index is 1.77. The topological polar surface area (TPSA) is 38.7 Å². The molecule has 3 atom stereocenters. The Morgan fingerprint density at radius 2 is 1.89 bits per heavy atom. The summed E-state index contributed by atoms with van der Waals surface area (Å²) in [6, 6.07) is 1.48. The monoisotopic (exact) mass is 269 g/mol. The first-order valence-electron chi connectivity index (χ1n) is 7.72. The molecule has 4 nitrogen and oxygen atoms in total. The molecular formula is C15H31N3O. The zero-order chi connectivity index (χ0) is 14.0. The van der Waals surface area contributed by atoms with Crippen LogP contribution in [-0.2, 0) is 0 Å². The number of hydrogen-bond acceptors (Lipinski definition) is 4. The van der Waals surface area contributed by atoms with Gasteiger partial charge in [0.1, 0.15) is 0 Å². The third-order valence-electron chi connectivity index (χ3n) is 4.57. The van der Waals surface area contributed by atoms with E-state index < -0.39 is 0 Å². The van der Waals surface area contributed by atoms with Crippen molar-refractivity contribution in [2.75, 3.05) is 33.2 Å². The highest BCUT2D eigenvalue weighted by molar-refractivity contribution is 4.91. The van der Waals surface area contributed by atoms with E-state index in [1.807, 2.05) is 0 Å². The van der Waals surface area contributed by atoms with Crippen molar-refractivity contribution >= 4 is 0 Å². The summed E-state index contributed by atoms with van der Waals surface area (Å²) in [6.07, 6.45) is 3.69. The molecule has 3 unspecified atom stereocenters. The molecule has 0 aromatic rings. The number of fused-ring (bicyclic) bond motifs is 2. The molecule has 2 N–H and O–H groups in total. The zero-order valence-electron chi connectivity index (χ0n) is 13.0. The van der Waals surface area contributed by atoms with Crippen LogP contribution < -0.4 is 5.32 Å². The third kappa shape index (κ3) is 4.42. The fourth-order valence-corrected chi connectivity index (χ4v) is 3.33. The van der Waals surface area contributed by atoms with Crippen LogP contribution in [-0.4, -0.2) is 71.9 Å². The summed E-state index contributed by atoms with van der Waals surface area (Å²) >= 11 is 0. The van der Waals surface area contributed by atoms with Crippen molar-refractivity contribution in [1.82, 2.24) is 15.1 Å². The Morgan fingerprint density at radius 3 is 2.58 bits per heavy atom. The van der Waals surface area contributed by atoms with E-state index in [0.29, 0.717) is 12.6 Å². The van der Waals surface area contributed by atoms with E-state index in [4.69, 9.17) is 0 Å². The molecule has 2 rings (SSSR count). The lowest BCUT2D eigenvalue weighted by molar-refractivity contribution is 0.0996. The van der Waals surface area contributed by atoms with Crippen LogP contribution in [0.3, 0.4) is 0 Å². The SMILES string of the molecule is CN1C2CCC1CN(CC(O)CNC(C)(C)C)CC2. The van der Waals surface area contributed by atoms with Gasteiger partial charge in [-0.1, -0.05) is 0 Å². The maximum absolute atomic E-state index is 10.2. The first kappa shape index (κ1) is 15.2.